The summed E-state index contributed by atoms with van der Waals surface area (Å²) in [5.41, 5.74) is 4.73. The van der Waals surface area contributed by atoms with Crippen molar-refractivity contribution in [1.82, 2.24) is 14.5 Å². The first-order chi connectivity index (χ1) is 13.8. The monoisotopic (exact) mass is 373 g/mol. The van der Waals surface area contributed by atoms with Gasteiger partial charge in [-0.25, -0.2) is 4.98 Å². The fourth-order valence-corrected chi connectivity index (χ4v) is 5.32. The molecule has 0 amide bonds. The second-order valence-corrected chi connectivity index (χ2v) is 8.83. The molecular formula is C24H27N3O. The first-order valence-corrected chi connectivity index (χ1v) is 10.8. The fourth-order valence-electron chi connectivity index (χ4n) is 5.32. The van der Waals surface area contributed by atoms with E-state index in [-0.39, 0.29) is 5.60 Å². The summed E-state index contributed by atoms with van der Waals surface area (Å²) in [5, 5.41) is 0. The van der Waals surface area contributed by atoms with E-state index < -0.39 is 0 Å². The first-order valence-electron chi connectivity index (χ1n) is 10.8. The number of para-hydroxylation sites is 2. The Bertz CT molecular complexity index is 1020. The van der Waals surface area contributed by atoms with Crippen LogP contribution < -0.4 is 4.74 Å². The Balaban J connectivity index is 1.27. The average Bonchev–Trinajstić information content (AvgIpc) is 3.19. The van der Waals surface area contributed by atoms with Gasteiger partial charge >= 0.3 is 0 Å². The van der Waals surface area contributed by atoms with Gasteiger partial charge in [0.05, 0.1) is 11.0 Å². The SMILES string of the molecule is c1ccc2c(c1)ncn2-c1ccc2c(c1)C[C@@]1(CCCN(C3CCC3)CC1)O2. The Kier molecular flexibility index (Phi) is 3.76. The van der Waals surface area contributed by atoms with E-state index >= 15 is 0 Å². The molecule has 3 heterocycles. The minimum absolute atomic E-state index is 0.0104. The zero-order valence-corrected chi connectivity index (χ0v) is 16.3. The summed E-state index contributed by atoms with van der Waals surface area (Å²) in [6.45, 7) is 2.44. The van der Waals surface area contributed by atoms with Crippen LogP contribution in [0.3, 0.4) is 0 Å². The van der Waals surface area contributed by atoms with E-state index in [2.05, 4.69) is 50.8 Å². The highest BCUT2D eigenvalue weighted by molar-refractivity contribution is 5.77. The van der Waals surface area contributed by atoms with Crippen LogP contribution in [0.1, 0.15) is 44.1 Å². The van der Waals surface area contributed by atoms with Gasteiger partial charge in [0.15, 0.2) is 0 Å². The Morgan fingerprint density at radius 1 is 1.00 bits per heavy atom. The van der Waals surface area contributed by atoms with Crippen molar-refractivity contribution in [3.8, 4) is 11.4 Å². The molecule has 1 spiro atoms. The molecule has 0 unspecified atom stereocenters. The Morgan fingerprint density at radius 3 is 2.82 bits per heavy atom. The zero-order valence-electron chi connectivity index (χ0n) is 16.3. The number of rotatable bonds is 2. The highest BCUT2D eigenvalue weighted by Gasteiger charge is 2.41. The Morgan fingerprint density at radius 2 is 1.93 bits per heavy atom. The standard InChI is InChI=1S/C24H27N3O/c1-2-8-22-21(7-1)25-17-27(22)20-9-10-23-18(15-20)16-24(28-23)11-4-13-26(14-12-24)19-5-3-6-19/h1-2,7-10,15,17,19H,3-6,11-14,16H2/t24-/m0/s1. The maximum Gasteiger partial charge on any atom is 0.123 e. The van der Waals surface area contributed by atoms with Gasteiger partial charge in [-0.2, -0.15) is 0 Å². The molecule has 4 nitrogen and oxygen atoms in total. The van der Waals surface area contributed by atoms with Gasteiger partial charge in [-0.1, -0.05) is 18.6 Å². The molecule has 1 aromatic heterocycles. The number of nitrogens with zero attached hydrogens (tertiary/aromatic N) is 3. The van der Waals surface area contributed by atoms with Gasteiger partial charge in [-0.05, 0) is 62.6 Å². The lowest BCUT2D eigenvalue weighted by Gasteiger charge is -2.37. The average molecular weight is 374 g/mol. The summed E-state index contributed by atoms with van der Waals surface area (Å²) < 4.78 is 8.79. The van der Waals surface area contributed by atoms with Gasteiger partial charge in [0.2, 0.25) is 0 Å². The van der Waals surface area contributed by atoms with Crippen molar-refractivity contribution in [2.75, 3.05) is 13.1 Å². The van der Waals surface area contributed by atoms with Crippen molar-refractivity contribution in [2.24, 2.45) is 0 Å². The minimum Gasteiger partial charge on any atom is -0.487 e. The minimum atomic E-state index is 0.0104. The van der Waals surface area contributed by atoms with E-state index in [0.717, 1.165) is 35.7 Å². The van der Waals surface area contributed by atoms with Gasteiger partial charge in [0.25, 0.3) is 0 Å². The number of hydrogen-bond donors (Lipinski definition) is 0. The maximum atomic E-state index is 6.60. The first kappa shape index (κ1) is 16.6. The number of imidazole rings is 1. The molecule has 6 rings (SSSR count). The number of ether oxygens (including phenoxy) is 1. The van der Waals surface area contributed by atoms with E-state index in [1.165, 1.54) is 56.4 Å². The molecule has 1 aliphatic carbocycles. The molecule has 3 aromatic rings. The molecule has 28 heavy (non-hydrogen) atoms. The maximum absolute atomic E-state index is 6.60. The molecular weight excluding hydrogens is 346 g/mol. The van der Waals surface area contributed by atoms with Crippen LogP contribution in [0.15, 0.2) is 48.8 Å². The molecule has 4 heteroatoms. The number of likely N-dealkylation sites (tertiary alicyclic amines) is 1. The fraction of sp³-hybridized carbons (Fsp3) is 0.458. The van der Waals surface area contributed by atoms with Crippen LogP contribution in [-0.4, -0.2) is 39.2 Å². The van der Waals surface area contributed by atoms with Gasteiger partial charge in [-0.3, -0.25) is 4.57 Å². The zero-order chi connectivity index (χ0) is 18.6. The third kappa shape index (κ3) is 2.66. The topological polar surface area (TPSA) is 30.3 Å². The molecule has 1 saturated heterocycles. The van der Waals surface area contributed by atoms with Crippen molar-refractivity contribution < 1.29 is 4.74 Å². The second-order valence-electron chi connectivity index (χ2n) is 8.83. The van der Waals surface area contributed by atoms with Crippen LogP contribution in [0, 0.1) is 0 Å². The van der Waals surface area contributed by atoms with Crippen LogP contribution in [0.25, 0.3) is 16.7 Å². The molecule has 0 bridgehead atoms. The van der Waals surface area contributed by atoms with Crippen LogP contribution >= 0.6 is 0 Å². The summed E-state index contributed by atoms with van der Waals surface area (Å²) >= 11 is 0. The lowest BCUT2D eigenvalue weighted by atomic mass is 9.89. The molecule has 2 aliphatic heterocycles. The summed E-state index contributed by atoms with van der Waals surface area (Å²) in [6, 6.07) is 15.8. The number of aromatic nitrogens is 2. The van der Waals surface area contributed by atoms with E-state index in [9.17, 15) is 0 Å². The third-order valence-electron chi connectivity index (χ3n) is 7.14. The van der Waals surface area contributed by atoms with Gasteiger partial charge in [-0.15, -0.1) is 0 Å². The Labute approximate surface area is 166 Å². The number of benzene rings is 2. The second kappa shape index (κ2) is 6.35. The van der Waals surface area contributed by atoms with E-state index in [1.807, 2.05) is 12.4 Å². The van der Waals surface area contributed by atoms with Crippen molar-refractivity contribution in [3.63, 3.8) is 0 Å². The van der Waals surface area contributed by atoms with E-state index in [4.69, 9.17) is 4.74 Å². The lowest BCUT2D eigenvalue weighted by Crippen LogP contribution is -2.42. The van der Waals surface area contributed by atoms with Crippen molar-refractivity contribution in [3.05, 3.63) is 54.4 Å². The Hall–Kier alpha value is -2.33. The van der Waals surface area contributed by atoms with Crippen LogP contribution in [0.2, 0.25) is 0 Å². The van der Waals surface area contributed by atoms with Gasteiger partial charge < -0.3 is 9.64 Å². The smallest absolute Gasteiger partial charge is 0.123 e. The lowest BCUT2D eigenvalue weighted by molar-refractivity contribution is 0.0694. The molecule has 3 aliphatic rings. The molecule has 144 valence electrons. The van der Waals surface area contributed by atoms with Crippen molar-refractivity contribution >= 4 is 11.0 Å². The van der Waals surface area contributed by atoms with Gasteiger partial charge in [0.1, 0.15) is 17.7 Å². The molecule has 1 saturated carbocycles. The summed E-state index contributed by atoms with van der Waals surface area (Å²) in [6.07, 6.45) is 10.8. The van der Waals surface area contributed by atoms with Gasteiger partial charge in [0, 0.05) is 36.7 Å². The predicted octanol–water partition coefficient (Wildman–Crippen LogP) is 4.74. The van der Waals surface area contributed by atoms with E-state index in [0.29, 0.717) is 0 Å². The van der Waals surface area contributed by atoms with Crippen LogP contribution in [0.5, 0.6) is 5.75 Å². The summed E-state index contributed by atoms with van der Waals surface area (Å²) in [4.78, 5) is 7.28. The normalized spacial score (nSPS) is 25.4. The molecule has 1 atom stereocenters. The highest BCUT2D eigenvalue weighted by Crippen LogP contribution is 2.42. The predicted molar refractivity (Wildman–Crippen MR) is 111 cm³/mol. The number of hydrogen-bond acceptors (Lipinski definition) is 3. The molecule has 2 fully saturated rings. The molecule has 0 radical (unpaired) electrons. The number of fused-ring (bicyclic) bond motifs is 2. The van der Waals surface area contributed by atoms with Crippen LogP contribution in [-0.2, 0) is 6.42 Å². The summed E-state index contributed by atoms with van der Waals surface area (Å²) in [5.74, 6) is 1.09. The molecule has 2 aromatic carbocycles. The van der Waals surface area contributed by atoms with Crippen molar-refractivity contribution in [2.45, 2.75) is 56.6 Å². The highest BCUT2D eigenvalue weighted by atomic mass is 16.5. The largest absolute Gasteiger partial charge is 0.487 e. The molecule has 0 N–H and O–H groups in total. The summed E-state index contributed by atoms with van der Waals surface area (Å²) in [7, 11) is 0. The van der Waals surface area contributed by atoms with Crippen molar-refractivity contribution in [1.29, 1.82) is 0 Å². The van der Waals surface area contributed by atoms with E-state index in [1.54, 1.807) is 0 Å². The third-order valence-corrected chi connectivity index (χ3v) is 7.14. The quantitative estimate of drug-likeness (QED) is 0.650. The van der Waals surface area contributed by atoms with Crippen LogP contribution in [0.4, 0.5) is 0 Å².